The van der Waals surface area contributed by atoms with Gasteiger partial charge in [-0.15, -0.1) is 0 Å². The molecule has 7 heteroatoms. The minimum atomic E-state index is -3.55. The first-order valence-electron chi connectivity index (χ1n) is 9.74. The van der Waals surface area contributed by atoms with Crippen molar-refractivity contribution in [2.45, 2.75) is 37.1 Å². The number of rotatable bonds is 4. The van der Waals surface area contributed by atoms with Crippen LogP contribution in [0.3, 0.4) is 0 Å². The van der Waals surface area contributed by atoms with Gasteiger partial charge in [-0.3, -0.25) is 9.78 Å². The summed E-state index contributed by atoms with van der Waals surface area (Å²) in [6, 6.07) is 15.5. The third-order valence-electron chi connectivity index (χ3n) is 5.35. The second kappa shape index (κ2) is 7.93. The smallest absolute Gasteiger partial charge is 0.255 e. The van der Waals surface area contributed by atoms with Gasteiger partial charge in [0.05, 0.1) is 16.1 Å². The van der Waals surface area contributed by atoms with Gasteiger partial charge in [0.25, 0.3) is 5.91 Å². The Morgan fingerprint density at radius 1 is 1.07 bits per heavy atom. The van der Waals surface area contributed by atoms with Crippen LogP contribution in [-0.2, 0) is 10.0 Å². The summed E-state index contributed by atoms with van der Waals surface area (Å²) < 4.78 is 27.4. The summed E-state index contributed by atoms with van der Waals surface area (Å²) in [5.41, 5.74) is 1.72. The molecule has 1 atom stereocenters. The fraction of sp³-hybridized carbons (Fsp3) is 0.273. The van der Waals surface area contributed by atoms with Gasteiger partial charge in [0.15, 0.2) is 0 Å². The third kappa shape index (κ3) is 3.88. The molecule has 29 heavy (non-hydrogen) atoms. The average Bonchev–Trinajstić information content (AvgIpc) is 2.74. The molecular formula is C22H23N3O3S. The van der Waals surface area contributed by atoms with E-state index < -0.39 is 10.0 Å². The molecule has 1 saturated heterocycles. The molecular weight excluding hydrogens is 386 g/mol. The summed E-state index contributed by atoms with van der Waals surface area (Å²) in [5.74, 6) is -0.307. The highest BCUT2D eigenvalue weighted by molar-refractivity contribution is 7.89. The second-order valence-corrected chi connectivity index (χ2v) is 9.21. The highest BCUT2D eigenvalue weighted by atomic mass is 32.2. The van der Waals surface area contributed by atoms with Gasteiger partial charge in [-0.1, -0.05) is 24.6 Å². The summed E-state index contributed by atoms with van der Waals surface area (Å²) in [6.45, 7) is 2.48. The Kier molecular flexibility index (Phi) is 5.34. The highest BCUT2D eigenvalue weighted by Gasteiger charge is 2.30. The number of pyridine rings is 1. The minimum absolute atomic E-state index is 0.00409. The first-order valence-corrected chi connectivity index (χ1v) is 11.2. The van der Waals surface area contributed by atoms with Crippen molar-refractivity contribution < 1.29 is 13.2 Å². The second-order valence-electron chi connectivity index (χ2n) is 7.32. The Morgan fingerprint density at radius 3 is 2.59 bits per heavy atom. The van der Waals surface area contributed by atoms with Crippen molar-refractivity contribution in [2.24, 2.45) is 0 Å². The maximum atomic E-state index is 12.9. The maximum absolute atomic E-state index is 12.9. The molecule has 0 bridgehead atoms. The largest absolute Gasteiger partial charge is 0.320 e. The molecule has 2 aromatic carbocycles. The summed E-state index contributed by atoms with van der Waals surface area (Å²) in [5, 5.41) is 3.80. The van der Waals surface area contributed by atoms with Crippen molar-refractivity contribution in [3.8, 4) is 0 Å². The first-order chi connectivity index (χ1) is 14.0. The van der Waals surface area contributed by atoms with E-state index in [2.05, 4.69) is 10.3 Å². The van der Waals surface area contributed by atoms with E-state index in [1.54, 1.807) is 28.7 Å². The van der Waals surface area contributed by atoms with Crippen molar-refractivity contribution in [3.63, 3.8) is 0 Å². The van der Waals surface area contributed by atoms with Crippen LogP contribution in [0.4, 0.5) is 5.69 Å². The molecule has 1 aliphatic rings. The Hall–Kier alpha value is -2.77. The van der Waals surface area contributed by atoms with Crippen LogP contribution in [0.25, 0.3) is 10.9 Å². The number of amides is 1. The topological polar surface area (TPSA) is 79.4 Å². The number of benzene rings is 2. The van der Waals surface area contributed by atoms with Gasteiger partial charge in [0.1, 0.15) is 0 Å². The van der Waals surface area contributed by atoms with Gasteiger partial charge in [-0.05, 0) is 56.2 Å². The Balaban J connectivity index is 1.55. The number of para-hydroxylation sites is 1. The highest BCUT2D eigenvalue weighted by Crippen LogP contribution is 2.26. The number of fused-ring (bicyclic) bond motifs is 1. The average molecular weight is 410 g/mol. The summed E-state index contributed by atoms with van der Waals surface area (Å²) >= 11 is 0. The number of piperidine rings is 1. The SMILES string of the molecule is CC1CCCCN1S(=O)(=O)c1ccc(C(=O)Nc2cccc3cccnc23)cc1. The molecule has 6 nitrogen and oxygen atoms in total. The molecule has 0 aliphatic carbocycles. The molecule has 0 saturated carbocycles. The number of nitrogens with zero attached hydrogens (tertiary/aromatic N) is 2. The van der Waals surface area contributed by atoms with Crippen molar-refractivity contribution >= 4 is 32.5 Å². The van der Waals surface area contributed by atoms with Crippen LogP contribution in [-0.4, -0.2) is 36.2 Å². The molecule has 1 amide bonds. The lowest BCUT2D eigenvalue weighted by molar-refractivity contribution is 0.102. The van der Waals surface area contributed by atoms with E-state index in [4.69, 9.17) is 0 Å². The van der Waals surface area contributed by atoms with Crippen molar-refractivity contribution in [1.82, 2.24) is 9.29 Å². The van der Waals surface area contributed by atoms with Gasteiger partial charge >= 0.3 is 0 Å². The normalized spacial score (nSPS) is 17.9. The van der Waals surface area contributed by atoms with Crippen LogP contribution in [0.1, 0.15) is 36.5 Å². The van der Waals surface area contributed by atoms with E-state index in [-0.39, 0.29) is 16.8 Å². The number of aromatic nitrogens is 1. The van der Waals surface area contributed by atoms with E-state index in [1.807, 2.05) is 31.2 Å². The Morgan fingerprint density at radius 2 is 1.83 bits per heavy atom. The zero-order chi connectivity index (χ0) is 20.4. The van der Waals surface area contributed by atoms with Crippen molar-refractivity contribution in [2.75, 3.05) is 11.9 Å². The number of hydrogen-bond donors (Lipinski definition) is 1. The van der Waals surface area contributed by atoms with E-state index in [0.717, 1.165) is 24.6 Å². The lowest BCUT2D eigenvalue weighted by Gasteiger charge is -2.32. The fourth-order valence-electron chi connectivity index (χ4n) is 3.74. The lowest BCUT2D eigenvalue weighted by Crippen LogP contribution is -2.41. The zero-order valence-electron chi connectivity index (χ0n) is 16.2. The van der Waals surface area contributed by atoms with Gasteiger partial charge in [-0.2, -0.15) is 4.31 Å². The van der Waals surface area contributed by atoms with Crippen molar-refractivity contribution in [3.05, 3.63) is 66.4 Å². The number of sulfonamides is 1. The Bertz CT molecular complexity index is 1140. The maximum Gasteiger partial charge on any atom is 0.255 e. The molecule has 2 heterocycles. The number of nitrogens with one attached hydrogen (secondary N) is 1. The minimum Gasteiger partial charge on any atom is -0.320 e. The number of hydrogen-bond acceptors (Lipinski definition) is 4. The summed E-state index contributed by atoms with van der Waals surface area (Å²) in [6.07, 6.45) is 4.48. The number of carbonyl (C=O) groups excluding carboxylic acids is 1. The van der Waals surface area contributed by atoms with Crippen LogP contribution >= 0.6 is 0 Å². The van der Waals surface area contributed by atoms with Gasteiger partial charge in [-0.25, -0.2) is 8.42 Å². The third-order valence-corrected chi connectivity index (χ3v) is 7.37. The first kappa shape index (κ1) is 19.5. The van der Waals surface area contributed by atoms with Gasteiger partial charge in [0.2, 0.25) is 10.0 Å². The van der Waals surface area contributed by atoms with Crippen LogP contribution in [0.2, 0.25) is 0 Å². The standard InChI is InChI=1S/C22H23N3O3S/c1-16-6-2-3-15-25(16)29(27,28)19-12-10-18(11-13-19)22(26)24-20-9-4-7-17-8-5-14-23-21(17)20/h4-5,7-14,16H,2-3,6,15H2,1H3,(H,24,26). The fourth-order valence-corrected chi connectivity index (χ4v) is 5.44. The van der Waals surface area contributed by atoms with E-state index in [9.17, 15) is 13.2 Å². The molecule has 1 aromatic heterocycles. The van der Waals surface area contributed by atoms with E-state index in [1.165, 1.54) is 12.1 Å². The van der Waals surface area contributed by atoms with Gasteiger partial charge < -0.3 is 5.32 Å². The lowest BCUT2D eigenvalue weighted by atomic mass is 10.1. The number of anilines is 1. The molecule has 0 spiro atoms. The van der Waals surface area contributed by atoms with E-state index >= 15 is 0 Å². The molecule has 1 aliphatic heterocycles. The quantitative estimate of drug-likeness (QED) is 0.705. The van der Waals surface area contributed by atoms with Crippen LogP contribution < -0.4 is 5.32 Å². The van der Waals surface area contributed by atoms with Crippen molar-refractivity contribution in [1.29, 1.82) is 0 Å². The molecule has 0 radical (unpaired) electrons. The molecule has 1 fully saturated rings. The predicted octanol–water partition coefficient (Wildman–Crippen LogP) is 4.05. The van der Waals surface area contributed by atoms with Crippen LogP contribution in [0.5, 0.6) is 0 Å². The van der Waals surface area contributed by atoms with Gasteiger partial charge in [0, 0.05) is 29.7 Å². The van der Waals surface area contributed by atoms with E-state index in [0.29, 0.717) is 23.3 Å². The van der Waals surface area contributed by atoms with Crippen LogP contribution in [0, 0.1) is 0 Å². The number of carbonyl (C=O) groups is 1. The molecule has 150 valence electrons. The molecule has 1 unspecified atom stereocenters. The monoisotopic (exact) mass is 409 g/mol. The Labute approximate surface area is 170 Å². The van der Waals surface area contributed by atoms with Crippen LogP contribution in [0.15, 0.2) is 65.7 Å². The predicted molar refractivity (Wildman–Crippen MR) is 113 cm³/mol. The zero-order valence-corrected chi connectivity index (χ0v) is 17.0. The molecule has 4 rings (SSSR count). The summed E-state index contributed by atoms with van der Waals surface area (Å²) in [4.78, 5) is 17.2. The molecule has 3 aromatic rings. The molecule has 1 N–H and O–H groups in total. The summed E-state index contributed by atoms with van der Waals surface area (Å²) in [7, 11) is -3.55.